The Balaban J connectivity index is 1.91. The number of nitrogens with zero attached hydrogens (tertiary/aromatic N) is 4. The average Bonchev–Trinajstić information content (AvgIpc) is 3.21. The van der Waals surface area contributed by atoms with Gasteiger partial charge < -0.3 is 10.2 Å². The number of rotatable bonds is 1. The van der Waals surface area contributed by atoms with Crippen molar-refractivity contribution in [1.82, 2.24) is 4.98 Å². The number of likely N-dealkylation sites (N-methyl/N-ethyl adjacent to an activating group) is 1. The maximum atomic E-state index is 13.6. The van der Waals surface area contributed by atoms with Gasteiger partial charge in [-0.25, -0.2) is 0 Å². The third-order valence-electron chi connectivity index (χ3n) is 5.55. The molecule has 2 aromatic carbocycles. The molecule has 0 bridgehead atoms. The molecule has 5 rings (SSSR count). The lowest BCUT2D eigenvalue weighted by molar-refractivity contribution is -0.120. The van der Waals surface area contributed by atoms with Crippen molar-refractivity contribution in [3.63, 3.8) is 0 Å². The number of nitriles is 1. The molecule has 29 heavy (non-hydrogen) atoms. The molecule has 1 spiro atoms. The summed E-state index contributed by atoms with van der Waals surface area (Å²) in [5.74, 6) is 1.06. The highest BCUT2D eigenvalue weighted by Gasteiger charge is 2.62. The smallest absolute Gasteiger partial charge is 0.252 e. The zero-order valence-corrected chi connectivity index (χ0v) is 15.9. The molecular formula is C22H17N5O2. The second-order valence-electron chi connectivity index (χ2n) is 7.06. The molecule has 1 amide bonds. The summed E-state index contributed by atoms with van der Waals surface area (Å²) in [6.07, 6.45) is 0. The zero-order valence-electron chi connectivity index (χ0n) is 15.9. The summed E-state index contributed by atoms with van der Waals surface area (Å²) in [6.45, 7) is 1.72. The highest BCUT2D eigenvalue weighted by atomic mass is 16.4. The van der Waals surface area contributed by atoms with E-state index in [0.717, 1.165) is 11.4 Å². The van der Waals surface area contributed by atoms with Crippen molar-refractivity contribution in [2.75, 3.05) is 16.8 Å². The number of aryl methyl sites for hydroxylation is 1. The van der Waals surface area contributed by atoms with Gasteiger partial charge in [0.2, 0.25) is 0 Å². The number of benzene rings is 2. The molecule has 0 saturated heterocycles. The minimum absolute atomic E-state index is 0.131. The van der Waals surface area contributed by atoms with Crippen molar-refractivity contribution in [2.24, 2.45) is 5.73 Å². The molecule has 7 nitrogen and oxygen atoms in total. The lowest BCUT2D eigenvalue weighted by Crippen LogP contribution is -2.47. The van der Waals surface area contributed by atoms with Gasteiger partial charge in [-0.2, -0.15) is 10.2 Å². The Morgan fingerprint density at radius 2 is 1.83 bits per heavy atom. The van der Waals surface area contributed by atoms with E-state index < -0.39 is 5.41 Å². The molecule has 2 aliphatic rings. The fourth-order valence-corrected chi connectivity index (χ4v) is 4.34. The number of carbonyl (C=O) groups is 1. The largest absolute Gasteiger partial charge is 0.442 e. The van der Waals surface area contributed by atoms with Gasteiger partial charge >= 0.3 is 0 Å². The van der Waals surface area contributed by atoms with Crippen LogP contribution in [0.25, 0.3) is 0 Å². The summed E-state index contributed by atoms with van der Waals surface area (Å²) in [7, 11) is 1.63. The topological polar surface area (TPSA) is 99.4 Å². The molecule has 2 N–H and O–H groups in total. The van der Waals surface area contributed by atoms with Crippen LogP contribution in [-0.4, -0.2) is 17.9 Å². The summed E-state index contributed by atoms with van der Waals surface area (Å²) >= 11 is 0. The molecule has 0 unspecified atom stereocenters. The van der Waals surface area contributed by atoms with Gasteiger partial charge in [0.05, 0.1) is 11.3 Å². The second-order valence-corrected chi connectivity index (χ2v) is 7.06. The Bertz CT molecular complexity index is 1240. The minimum Gasteiger partial charge on any atom is -0.442 e. The summed E-state index contributed by atoms with van der Waals surface area (Å²) in [6, 6.07) is 19.2. The van der Waals surface area contributed by atoms with Gasteiger partial charge in [0.25, 0.3) is 5.91 Å². The number of carbonyl (C=O) groups excluding carboxylic acids is 1. The normalized spacial score (nSPS) is 20.1. The quantitative estimate of drug-likeness (QED) is 0.693. The Kier molecular flexibility index (Phi) is 3.37. The summed E-state index contributed by atoms with van der Waals surface area (Å²) in [5.41, 5.74) is 7.40. The minimum atomic E-state index is -1.45. The first kappa shape index (κ1) is 17.1. The second kappa shape index (κ2) is 5.72. The van der Waals surface area contributed by atoms with Gasteiger partial charge in [0.15, 0.2) is 22.9 Å². The van der Waals surface area contributed by atoms with Crippen LogP contribution in [0.3, 0.4) is 0 Å². The number of anilines is 3. The molecular weight excluding hydrogens is 366 g/mol. The molecule has 3 aromatic rings. The third-order valence-corrected chi connectivity index (χ3v) is 5.55. The van der Waals surface area contributed by atoms with Crippen LogP contribution >= 0.6 is 0 Å². The zero-order chi connectivity index (χ0) is 20.3. The van der Waals surface area contributed by atoms with E-state index in [1.165, 1.54) is 4.90 Å². The molecule has 7 heteroatoms. The monoisotopic (exact) mass is 383 g/mol. The first-order chi connectivity index (χ1) is 14.0. The van der Waals surface area contributed by atoms with Crippen LogP contribution in [0.4, 0.5) is 17.2 Å². The highest BCUT2D eigenvalue weighted by Crippen LogP contribution is 2.56. The molecule has 1 aromatic heterocycles. The van der Waals surface area contributed by atoms with Crippen LogP contribution in [0.1, 0.15) is 17.2 Å². The summed E-state index contributed by atoms with van der Waals surface area (Å²) in [5, 5.41) is 10.2. The molecule has 2 aliphatic heterocycles. The van der Waals surface area contributed by atoms with Crippen molar-refractivity contribution < 1.29 is 9.21 Å². The van der Waals surface area contributed by atoms with E-state index in [1.807, 2.05) is 54.6 Å². The Morgan fingerprint density at radius 3 is 2.55 bits per heavy atom. The number of oxazole rings is 1. The number of hydrogen-bond acceptors (Lipinski definition) is 6. The molecule has 1 atom stereocenters. The van der Waals surface area contributed by atoms with Crippen LogP contribution < -0.4 is 15.5 Å². The summed E-state index contributed by atoms with van der Waals surface area (Å²) < 4.78 is 5.91. The predicted octanol–water partition coefficient (Wildman–Crippen LogP) is 3.09. The SMILES string of the molecule is Cc1nc2c(o1)[C@@]1(C(=O)N2C)C(C#N)=C(N)N(c2ccccc2)c2ccccc21. The highest BCUT2D eigenvalue weighted by molar-refractivity contribution is 6.13. The lowest BCUT2D eigenvalue weighted by Gasteiger charge is -2.39. The fourth-order valence-electron chi connectivity index (χ4n) is 4.34. The van der Waals surface area contributed by atoms with Gasteiger partial charge in [-0.15, -0.1) is 0 Å². The van der Waals surface area contributed by atoms with Gasteiger partial charge in [0.1, 0.15) is 11.9 Å². The molecule has 3 heterocycles. The number of amides is 1. The Morgan fingerprint density at radius 1 is 1.14 bits per heavy atom. The molecule has 0 fully saturated rings. The molecule has 0 aliphatic carbocycles. The van der Waals surface area contributed by atoms with Crippen LogP contribution in [0, 0.1) is 18.3 Å². The number of aromatic nitrogens is 1. The summed E-state index contributed by atoms with van der Waals surface area (Å²) in [4.78, 5) is 21.2. The van der Waals surface area contributed by atoms with Gasteiger partial charge in [-0.05, 0) is 18.2 Å². The van der Waals surface area contributed by atoms with Gasteiger partial charge in [0, 0.05) is 25.2 Å². The van der Waals surface area contributed by atoms with Crippen molar-refractivity contribution in [3.8, 4) is 6.07 Å². The van der Waals surface area contributed by atoms with Crippen molar-refractivity contribution in [2.45, 2.75) is 12.3 Å². The number of hydrogen-bond donors (Lipinski definition) is 1. The van der Waals surface area contributed by atoms with Crippen molar-refractivity contribution in [1.29, 1.82) is 5.26 Å². The maximum Gasteiger partial charge on any atom is 0.252 e. The maximum absolute atomic E-state index is 13.6. The first-order valence-corrected chi connectivity index (χ1v) is 9.13. The van der Waals surface area contributed by atoms with E-state index in [4.69, 9.17) is 10.2 Å². The predicted molar refractivity (Wildman–Crippen MR) is 107 cm³/mol. The van der Waals surface area contributed by atoms with Crippen LogP contribution in [0.15, 0.2) is 70.4 Å². The standard InChI is InChI=1S/C22H17N5O2/c1-13-25-20-18(29-13)22(21(28)26(20)2)15-10-6-7-11-17(15)27(19(24)16(22)12-23)14-8-4-3-5-9-14/h3-11H,24H2,1-2H3/t22-/m0/s1. The van der Waals surface area contributed by atoms with Crippen molar-refractivity contribution in [3.05, 3.63) is 83.2 Å². The first-order valence-electron chi connectivity index (χ1n) is 9.13. The number of nitrogens with two attached hydrogens (primary N) is 1. The van der Waals surface area contributed by atoms with E-state index in [0.29, 0.717) is 23.0 Å². The average molecular weight is 383 g/mol. The van der Waals surface area contributed by atoms with E-state index in [9.17, 15) is 10.1 Å². The molecule has 142 valence electrons. The molecule has 0 saturated carbocycles. The van der Waals surface area contributed by atoms with E-state index in [-0.39, 0.29) is 17.3 Å². The van der Waals surface area contributed by atoms with E-state index in [1.54, 1.807) is 18.9 Å². The fraction of sp³-hybridized carbons (Fsp3) is 0.136. The third kappa shape index (κ3) is 1.95. The van der Waals surface area contributed by atoms with E-state index in [2.05, 4.69) is 11.1 Å². The van der Waals surface area contributed by atoms with Crippen LogP contribution in [0.2, 0.25) is 0 Å². The lowest BCUT2D eigenvalue weighted by atomic mass is 9.70. The number of para-hydroxylation sites is 2. The number of fused-ring (bicyclic) bond motifs is 4. The van der Waals surface area contributed by atoms with E-state index >= 15 is 0 Å². The van der Waals surface area contributed by atoms with Gasteiger partial charge in [-0.1, -0.05) is 36.4 Å². The Labute approximate surface area is 167 Å². The van der Waals surface area contributed by atoms with Crippen molar-refractivity contribution >= 4 is 23.1 Å². The van der Waals surface area contributed by atoms with Gasteiger partial charge in [-0.3, -0.25) is 14.6 Å². The molecule has 0 radical (unpaired) electrons. The van der Waals surface area contributed by atoms with Crippen LogP contribution in [-0.2, 0) is 10.2 Å². The van der Waals surface area contributed by atoms with Crippen LogP contribution in [0.5, 0.6) is 0 Å². The Hall–Kier alpha value is -4.05.